The molecular formula is C12H9F6NO2. The Morgan fingerprint density at radius 2 is 1.24 bits per heavy atom. The highest BCUT2D eigenvalue weighted by atomic mass is 19.2. The maximum Gasteiger partial charge on any atom is 0.293 e. The minimum Gasteiger partial charge on any atom is -0.266 e. The molecule has 116 valence electrons. The highest BCUT2D eigenvalue weighted by molar-refractivity contribution is 6.17. The lowest BCUT2D eigenvalue weighted by Gasteiger charge is -2.41. The molecule has 4 atom stereocenters. The number of carbonyl (C=O) groups excluding carboxylic acids is 2. The summed E-state index contributed by atoms with van der Waals surface area (Å²) in [6.45, 7) is 3.04. The molecule has 1 aliphatic carbocycles. The number of nitrogens with zero attached hydrogens (tertiary/aromatic N) is 1. The van der Waals surface area contributed by atoms with Crippen molar-refractivity contribution in [3.63, 3.8) is 0 Å². The van der Waals surface area contributed by atoms with E-state index in [0.717, 1.165) is 0 Å². The molecule has 0 aromatic carbocycles. The fourth-order valence-corrected chi connectivity index (χ4v) is 2.46. The molecule has 1 fully saturated rings. The average molecular weight is 313 g/mol. The molecule has 21 heavy (non-hydrogen) atoms. The van der Waals surface area contributed by atoms with E-state index < -0.39 is 65.0 Å². The molecule has 1 aliphatic heterocycles. The third-order valence-electron chi connectivity index (χ3n) is 3.57. The first kappa shape index (κ1) is 15.6. The lowest BCUT2D eigenvalue weighted by Crippen LogP contribution is -2.62. The number of alkyl halides is 4. The van der Waals surface area contributed by atoms with Gasteiger partial charge in [-0.1, -0.05) is 6.08 Å². The summed E-state index contributed by atoms with van der Waals surface area (Å²) < 4.78 is 81.3. The van der Waals surface area contributed by atoms with Gasteiger partial charge < -0.3 is 0 Å². The molecule has 0 saturated heterocycles. The predicted molar refractivity (Wildman–Crippen MR) is 58.2 cm³/mol. The molecule has 9 heteroatoms. The molecule has 4 unspecified atom stereocenters. The van der Waals surface area contributed by atoms with Crippen molar-refractivity contribution in [1.82, 2.24) is 4.90 Å². The number of hydrogen-bond acceptors (Lipinski definition) is 2. The van der Waals surface area contributed by atoms with Crippen LogP contribution in [0.15, 0.2) is 24.3 Å². The zero-order chi connectivity index (χ0) is 16.1. The number of carbonyl (C=O) groups is 2. The van der Waals surface area contributed by atoms with E-state index in [9.17, 15) is 35.9 Å². The summed E-state index contributed by atoms with van der Waals surface area (Å²) in [6, 6.07) is -2.58. The maximum absolute atomic E-state index is 13.9. The van der Waals surface area contributed by atoms with Crippen LogP contribution in [0.25, 0.3) is 0 Å². The van der Waals surface area contributed by atoms with Crippen LogP contribution < -0.4 is 0 Å². The van der Waals surface area contributed by atoms with Crippen molar-refractivity contribution >= 4 is 11.8 Å². The van der Waals surface area contributed by atoms with E-state index >= 15 is 0 Å². The fraction of sp³-hybridized carbons (Fsp3) is 0.500. The molecule has 2 rings (SSSR count). The van der Waals surface area contributed by atoms with Crippen LogP contribution in [-0.2, 0) is 9.59 Å². The van der Waals surface area contributed by atoms with Gasteiger partial charge in [0.25, 0.3) is 11.8 Å². The molecule has 0 radical (unpaired) electrons. The van der Waals surface area contributed by atoms with Gasteiger partial charge in [0, 0.05) is 5.92 Å². The molecule has 0 aromatic rings. The molecule has 2 aliphatic rings. The Labute approximate surface area is 114 Å². The molecule has 0 spiro atoms. The van der Waals surface area contributed by atoms with Crippen LogP contribution in [0.2, 0.25) is 0 Å². The largest absolute Gasteiger partial charge is 0.293 e. The van der Waals surface area contributed by atoms with Gasteiger partial charge in [-0.2, -0.15) is 8.78 Å². The monoisotopic (exact) mass is 313 g/mol. The van der Waals surface area contributed by atoms with E-state index in [0.29, 0.717) is 6.08 Å². The highest BCUT2D eigenvalue weighted by Crippen LogP contribution is 2.39. The van der Waals surface area contributed by atoms with Crippen molar-refractivity contribution in [1.29, 1.82) is 0 Å². The van der Waals surface area contributed by atoms with E-state index in [2.05, 4.69) is 6.58 Å². The summed E-state index contributed by atoms with van der Waals surface area (Å²) in [5, 5.41) is 0. The SMILES string of the molecule is C=CC1C(F)C(F)C(N2C(=O)C(F)=C(F)C2=O)C(F)C1F. The Balaban J connectivity index is 2.38. The Bertz CT molecular complexity index is 496. The van der Waals surface area contributed by atoms with Crippen molar-refractivity contribution in [3.05, 3.63) is 24.3 Å². The molecule has 0 N–H and O–H groups in total. The minimum absolute atomic E-state index is 0.446. The van der Waals surface area contributed by atoms with Crippen LogP contribution in [0.1, 0.15) is 0 Å². The number of halogens is 6. The van der Waals surface area contributed by atoms with Gasteiger partial charge in [-0.3, -0.25) is 14.5 Å². The van der Waals surface area contributed by atoms with Crippen LogP contribution in [0.4, 0.5) is 26.3 Å². The molecule has 2 amide bonds. The average Bonchev–Trinajstić information content (AvgIpc) is 2.64. The third-order valence-corrected chi connectivity index (χ3v) is 3.57. The van der Waals surface area contributed by atoms with Gasteiger partial charge in [0.1, 0.15) is 18.4 Å². The predicted octanol–water partition coefficient (Wildman–Crippen LogP) is 2.04. The summed E-state index contributed by atoms with van der Waals surface area (Å²) >= 11 is 0. The summed E-state index contributed by atoms with van der Waals surface area (Å²) in [4.78, 5) is 22.2. The first-order valence-corrected chi connectivity index (χ1v) is 5.86. The second kappa shape index (κ2) is 5.19. The number of allylic oxidation sites excluding steroid dienone is 1. The normalized spacial score (nSPS) is 41.0. The van der Waals surface area contributed by atoms with Crippen LogP contribution in [0, 0.1) is 5.92 Å². The van der Waals surface area contributed by atoms with Crippen molar-refractivity contribution in [3.8, 4) is 0 Å². The summed E-state index contributed by atoms with van der Waals surface area (Å²) in [6.07, 6.45) is -10.2. The Morgan fingerprint density at radius 1 is 0.857 bits per heavy atom. The van der Waals surface area contributed by atoms with Gasteiger partial charge in [-0.05, 0) is 0 Å². The number of imide groups is 1. The highest BCUT2D eigenvalue weighted by Gasteiger charge is 2.58. The quantitative estimate of drug-likeness (QED) is 0.444. The van der Waals surface area contributed by atoms with Gasteiger partial charge in [-0.15, -0.1) is 6.58 Å². The van der Waals surface area contributed by atoms with Gasteiger partial charge in [-0.25, -0.2) is 17.6 Å². The Hall–Kier alpha value is -1.80. The van der Waals surface area contributed by atoms with Crippen molar-refractivity contribution in [2.75, 3.05) is 0 Å². The second-order valence-electron chi connectivity index (χ2n) is 4.69. The van der Waals surface area contributed by atoms with E-state index in [1.54, 1.807) is 0 Å². The standard InChI is InChI=1S/C12H9F6NO2/c1-2-3-4(13)6(15)10(7(16)5(3)14)19-11(20)8(17)9(18)12(19)21/h2-7,10H,1H2. The first-order chi connectivity index (χ1) is 9.73. The van der Waals surface area contributed by atoms with Crippen molar-refractivity contribution < 1.29 is 35.9 Å². The minimum atomic E-state index is -2.83. The molecular weight excluding hydrogens is 304 g/mol. The molecule has 1 saturated carbocycles. The van der Waals surface area contributed by atoms with Crippen LogP contribution in [0.5, 0.6) is 0 Å². The number of amides is 2. The van der Waals surface area contributed by atoms with Crippen LogP contribution >= 0.6 is 0 Å². The molecule has 3 nitrogen and oxygen atoms in total. The topological polar surface area (TPSA) is 37.4 Å². The van der Waals surface area contributed by atoms with Gasteiger partial charge >= 0.3 is 0 Å². The first-order valence-electron chi connectivity index (χ1n) is 5.86. The van der Waals surface area contributed by atoms with Gasteiger partial charge in [0.2, 0.25) is 11.7 Å². The summed E-state index contributed by atoms with van der Waals surface area (Å²) in [7, 11) is 0. The van der Waals surface area contributed by atoms with Gasteiger partial charge in [0.05, 0.1) is 0 Å². The summed E-state index contributed by atoms with van der Waals surface area (Å²) in [5.74, 6) is -10.0. The second-order valence-corrected chi connectivity index (χ2v) is 4.69. The molecule has 0 aromatic heterocycles. The van der Waals surface area contributed by atoms with E-state index in [1.165, 1.54) is 0 Å². The zero-order valence-electron chi connectivity index (χ0n) is 10.3. The van der Waals surface area contributed by atoms with E-state index in [-0.39, 0.29) is 0 Å². The number of hydrogen-bond donors (Lipinski definition) is 0. The molecule has 0 bridgehead atoms. The number of rotatable bonds is 2. The van der Waals surface area contributed by atoms with Crippen LogP contribution in [0.3, 0.4) is 0 Å². The lowest BCUT2D eigenvalue weighted by molar-refractivity contribution is -0.152. The zero-order valence-corrected chi connectivity index (χ0v) is 10.3. The summed E-state index contributed by atoms with van der Waals surface area (Å²) in [5.41, 5.74) is 0. The fourth-order valence-electron chi connectivity index (χ4n) is 2.46. The van der Waals surface area contributed by atoms with E-state index in [4.69, 9.17) is 0 Å². The van der Waals surface area contributed by atoms with Crippen molar-refractivity contribution in [2.24, 2.45) is 5.92 Å². The molecule has 1 heterocycles. The van der Waals surface area contributed by atoms with E-state index in [1.807, 2.05) is 0 Å². The lowest BCUT2D eigenvalue weighted by atomic mass is 9.79. The van der Waals surface area contributed by atoms with Gasteiger partial charge in [0.15, 0.2) is 12.3 Å². The van der Waals surface area contributed by atoms with Crippen molar-refractivity contribution in [2.45, 2.75) is 30.7 Å². The Kier molecular flexibility index (Phi) is 3.85. The smallest absolute Gasteiger partial charge is 0.266 e. The van der Waals surface area contributed by atoms with Crippen LogP contribution in [-0.4, -0.2) is 47.4 Å². The Morgan fingerprint density at radius 3 is 1.57 bits per heavy atom. The third kappa shape index (κ3) is 2.06. The maximum atomic E-state index is 13.9.